The van der Waals surface area contributed by atoms with Crippen molar-refractivity contribution in [1.29, 1.82) is 1.28 Å². The number of hydrogen-bond donors (Lipinski definition) is 1. The van der Waals surface area contributed by atoms with E-state index in [0.29, 0.717) is 19.1 Å². The maximum Gasteiger partial charge on any atom is 0.355 e. The van der Waals surface area contributed by atoms with E-state index in [0.717, 1.165) is 25.8 Å². The smallest absolute Gasteiger partial charge is 0.355 e. The molecule has 0 bridgehead atoms. The Morgan fingerprint density at radius 2 is 1.48 bits per heavy atom. The van der Waals surface area contributed by atoms with Gasteiger partial charge in [-0.25, -0.2) is 26.3 Å². The Morgan fingerprint density at radius 1 is 1.00 bits per heavy atom. The van der Waals surface area contributed by atoms with Crippen LogP contribution in [0.4, 0.5) is 26.3 Å². The summed E-state index contributed by atoms with van der Waals surface area (Å²) in [6.07, 6.45) is 2.05. The molecule has 3 nitrogen and oxygen atoms in total. The van der Waals surface area contributed by atoms with Crippen molar-refractivity contribution in [2.24, 2.45) is 0 Å². The number of halogens is 6. The van der Waals surface area contributed by atoms with Gasteiger partial charge in [0.2, 0.25) is 0 Å². The third-order valence-electron chi connectivity index (χ3n) is 4.13. The lowest BCUT2D eigenvalue weighted by Crippen LogP contribution is -2.25. The quantitative estimate of drug-likeness (QED) is 0.242. The van der Waals surface area contributed by atoms with E-state index in [4.69, 9.17) is 15.9 Å². The summed E-state index contributed by atoms with van der Waals surface area (Å²) in [6, 6.07) is 1.39. The number of hydrogen-bond acceptors (Lipinski definition) is 4. The van der Waals surface area contributed by atoms with Gasteiger partial charge in [0.1, 0.15) is 11.5 Å². The van der Waals surface area contributed by atoms with Crippen molar-refractivity contribution < 1.29 is 40.9 Å². The van der Waals surface area contributed by atoms with Gasteiger partial charge in [-0.05, 0) is 26.7 Å². The van der Waals surface area contributed by atoms with E-state index >= 15 is 0 Å². The first-order valence-electron chi connectivity index (χ1n) is 9.27. The molecule has 1 heterocycles. The van der Waals surface area contributed by atoms with Crippen LogP contribution in [0.3, 0.4) is 0 Å². The van der Waals surface area contributed by atoms with Gasteiger partial charge in [0.15, 0.2) is 60.0 Å². The van der Waals surface area contributed by atoms with Crippen LogP contribution >= 0.6 is 15.9 Å². The lowest BCUT2D eigenvalue weighted by molar-refractivity contribution is -0.106. The third kappa shape index (κ3) is 9.73. The Kier molecular flexibility index (Phi) is 15.5. The summed E-state index contributed by atoms with van der Waals surface area (Å²) in [5, 5.41) is 8.76. The fourth-order valence-corrected chi connectivity index (χ4v) is 2.41. The van der Waals surface area contributed by atoms with E-state index in [-0.39, 0.29) is 31.7 Å². The number of ether oxygens (including phenoxy) is 2. The molecule has 188 valence electrons. The molecule has 2 aromatic rings. The van der Waals surface area contributed by atoms with Crippen LogP contribution in [-0.2, 0) is 16.5 Å². The van der Waals surface area contributed by atoms with Gasteiger partial charge in [0.05, 0.1) is 15.5 Å². The lowest BCUT2D eigenvalue weighted by Gasteiger charge is -2.24. The van der Waals surface area contributed by atoms with Crippen molar-refractivity contribution >= 4 is 27.7 Å². The van der Waals surface area contributed by atoms with E-state index in [2.05, 4.69) is 20.7 Å². The Hall–Kier alpha value is -1.47. The molecule has 12 heteroatoms. The van der Waals surface area contributed by atoms with Gasteiger partial charge in [-0.3, -0.25) is 0 Å². The topological polar surface area (TPSA) is 38.7 Å². The first-order valence-corrected chi connectivity index (χ1v) is 12.4. The van der Waals surface area contributed by atoms with Crippen LogP contribution < -0.4 is 4.74 Å². The fourth-order valence-electron chi connectivity index (χ4n) is 2.41. The zero-order valence-electron chi connectivity index (χ0n) is 17.5. The Balaban J connectivity index is 0. The minimum atomic E-state index is -1.56. The molecule has 0 amide bonds. The summed E-state index contributed by atoms with van der Waals surface area (Å²) in [5.74, 6) is -8.81. The molecule has 2 aromatic carbocycles. The van der Waals surface area contributed by atoms with E-state index < -0.39 is 53.9 Å². The van der Waals surface area contributed by atoms with Crippen LogP contribution in [0.2, 0.25) is 0 Å². The maximum atomic E-state index is 13.3. The van der Waals surface area contributed by atoms with Gasteiger partial charge in [-0.2, -0.15) is 0 Å². The first kappa shape index (κ1) is 31.5. The van der Waals surface area contributed by atoms with Crippen molar-refractivity contribution in [3.8, 4) is 11.5 Å². The molecular weight excluding hydrogens is 508 g/mol. The number of benzene rings is 2. The van der Waals surface area contributed by atoms with Crippen molar-refractivity contribution in [3.05, 3.63) is 58.2 Å². The first-order chi connectivity index (χ1) is 14.9. The summed E-state index contributed by atoms with van der Waals surface area (Å²) in [4.78, 5) is 0. The summed E-state index contributed by atoms with van der Waals surface area (Å²) in [6.45, 7) is 2.20. The normalized spacial score (nSPS) is 15.2. The van der Waals surface area contributed by atoms with Crippen LogP contribution in [0.5, 0.6) is 11.5 Å². The zero-order valence-corrected chi connectivity index (χ0v) is 19.4. The standard InChI is InChI=1S/C12H13F3O2.C7H5F3O.2CH4.H2P2S/c1-7-9(6-8(13)12(15)11(7)14)17-10-4-2-3-5-16-10;1-3-5(11)2-4(8)7(10)6(3)9;;;1-2-3/h6,10H,2-5H2,1H3;2,11H,1H3;2*1H4;1H2/p+1/i/hT. The summed E-state index contributed by atoms with van der Waals surface area (Å²) >= 11 is 4.31. The Morgan fingerprint density at radius 3 is 1.97 bits per heavy atom. The van der Waals surface area contributed by atoms with Crippen LogP contribution in [0.25, 0.3) is 0 Å². The van der Waals surface area contributed by atoms with Gasteiger partial charge in [-0.1, -0.05) is 14.9 Å². The highest BCUT2D eigenvalue weighted by molar-refractivity contribution is 8.24. The van der Waals surface area contributed by atoms with Crippen LogP contribution in [0, 0.1) is 48.8 Å². The molecule has 0 saturated carbocycles. The fraction of sp³-hybridized carbons (Fsp3) is 0.429. The highest BCUT2D eigenvalue weighted by atomic mass is 32.6. The summed E-state index contributed by atoms with van der Waals surface area (Å²) in [5.41, 5.74) is -0.332. The molecule has 0 aromatic heterocycles. The van der Waals surface area contributed by atoms with E-state index in [1.54, 1.807) is 0 Å². The van der Waals surface area contributed by atoms with Crippen molar-refractivity contribution in [2.45, 2.75) is 54.3 Å². The van der Waals surface area contributed by atoms with Crippen molar-refractivity contribution in [2.75, 3.05) is 6.61 Å². The molecule has 1 fully saturated rings. The molecule has 3 atom stereocenters. The van der Waals surface area contributed by atoms with Crippen LogP contribution in [0.15, 0.2) is 12.1 Å². The van der Waals surface area contributed by atoms with Crippen molar-refractivity contribution in [3.63, 3.8) is 0 Å². The highest BCUT2D eigenvalue weighted by Gasteiger charge is 2.21. The molecule has 3 unspecified atom stereocenters. The molecule has 0 spiro atoms. The molecule has 3 rings (SSSR count). The summed E-state index contributed by atoms with van der Waals surface area (Å²) in [7, 11) is 2.20. The van der Waals surface area contributed by atoms with E-state index in [1.807, 2.05) is 0 Å². The molecular formula is C21H29F6O3P2S+. The number of rotatable bonds is 2. The van der Waals surface area contributed by atoms with Gasteiger partial charge in [0.25, 0.3) is 0 Å². The molecule has 1 saturated heterocycles. The number of phenolic OH excluding ortho intramolecular Hbond substituents is 1. The minimum absolute atomic E-state index is 0. The molecule has 1 aliphatic heterocycles. The third-order valence-corrected chi connectivity index (χ3v) is 4.13. The second-order valence-corrected chi connectivity index (χ2v) is 9.00. The molecule has 1 N–H and O–H groups in total. The average Bonchev–Trinajstić information content (AvgIpc) is 2.74. The van der Waals surface area contributed by atoms with Crippen LogP contribution in [-0.4, -0.2) is 19.3 Å². The highest BCUT2D eigenvalue weighted by Crippen LogP contribution is 2.28. The van der Waals surface area contributed by atoms with E-state index in [1.165, 1.54) is 6.92 Å². The van der Waals surface area contributed by atoms with Gasteiger partial charge >= 0.3 is 1.28 Å². The molecule has 1 aliphatic rings. The molecule has 0 radical (unpaired) electrons. The van der Waals surface area contributed by atoms with Gasteiger partial charge < -0.3 is 14.6 Å². The molecule has 0 aliphatic carbocycles. The predicted molar refractivity (Wildman–Crippen MR) is 127 cm³/mol. The average molecular weight is 539 g/mol. The second kappa shape index (κ2) is 16.2. The van der Waals surface area contributed by atoms with Gasteiger partial charge in [0, 0.05) is 29.7 Å². The zero-order chi connectivity index (χ0) is 24.6. The van der Waals surface area contributed by atoms with Crippen molar-refractivity contribution in [1.82, 2.24) is 0 Å². The summed E-state index contributed by atoms with van der Waals surface area (Å²) < 4.78 is 93.3. The SMILES string of the molecule is C.C.Cc1c(O)cc(F)c(F)c1F.Cc1c(OC2CCCCO2)cc(F)c(F)c1F.[3H][P+](P)=S. The molecule has 33 heavy (non-hydrogen) atoms. The largest absolute Gasteiger partial charge is 0.507 e. The Bertz CT molecular complexity index is 933. The minimum Gasteiger partial charge on any atom is -0.507 e. The Labute approximate surface area is 200 Å². The predicted octanol–water partition coefficient (Wildman–Crippen LogP) is 7.62. The lowest BCUT2D eigenvalue weighted by atomic mass is 10.2. The maximum absolute atomic E-state index is 13.3. The number of aromatic hydroxyl groups is 1. The monoisotopic (exact) mass is 539 g/mol. The van der Waals surface area contributed by atoms with Gasteiger partial charge in [-0.15, -0.1) is 0 Å². The van der Waals surface area contributed by atoms with E-state index in [9.17, 15) is 26.3 Å². The number of phenols is 1. The second-order valence-electron chi connectivity index (χ2n) is 6.26. The van der Waals surface area contributed by atoms with Crippen LogP contribution in [0.1, 0.15) is 45.2 Å².